The number of thioether (sulfide) groups is 1. The van der Waals surface area contributed by atoms with Gasteiger partial charge < -0.3 is 10.1 Å². The molecule has 1 heterocycles. The van der Waals surface area contributed by atoms with Crippen molar-refractivity contribution in [3.05, 3.63) is 12.7 Å². The second kappa shape index (κ2) is 8.61. The van der Waals surface area contributed by atoms with Gasteiger partial charge in [-0.3, -0.25) is 9.69 Å². The second-order valence-corrected chi connectivity index (χ2v) is 4.64. The third-order valence-electron chi connectivity index (χ3n) is 2.32. The standard InChI is InChI=1S/C11H20N2O2S/c1-2-9-16-10-11(14)12-3-4-13-5-7-15-8-6-13/h2H,1,3-10H2,(H,12,14). The Morgan fingerprint density at radius 3 is 2.94 bits per heavy atom. The molecule has 0 aliphatic carbocycles. The molecule has 92 valence electrons. The summed E-state index contributed by atoms with van der Waals surface area (Å²) in [4.78, 5) is 13.7. The predicted octanol–water partition coefficient (Wildman–Crippen LogP) is 0.354. The summed E-state index contributed by atoms with van der Waals surface area (Å²) in [5.41, 5.74) is 0. The Morgan fingerprint density at radius 1 is 1.50 bits per heavy atom. The van der Waals surface area contributed by atoms with E-state index in [9.17, 15) is 4.79 Å². The molecule has 0 bridgehead atoms. The molecule has 0 unspecified atom stereocenters. The van der Waals surface area contributed by atoms with Gasteiger partial charge >= 0.3 is 0 Å². The fraction of sp³-hybridized carbons (Fsp3) is 0.727. The fourth-order valence-corrected chi connectivity index (χ4v) is 2.04. The molecular weight excluding hydrogens is 224 g/mol. The summed E-state index contributed by atoms with van der Waals surface area (Å²) < 4.78 is 5.25. The molecule has 5 heteroatoms. The lowest BCUT2D eigenvalue weighted by Crippen LogP contribution is -2.41. The van der Waals surface area contributed by atoms with Gasteiger partial charge in [0.15, 0.2) is 0 Å². The maximum atomic E-state index is 11.4. The molecule has 1 saturated heterocycles. The molecule has 1 aliphatic heterocycles. The van der Waals surface area contributed by atoms with E-state index in [-0.39, 0.29) is 5.91 Å². The Balaban J connectivity index is 1.96. The molecule has 1 fully saturated rings. The van der Waals surface area contributed by atoms with Gasteiger partial charge in [0, 0.05) is 31.9 Å². The van der Waals surface area contributed by atoms with E-state index < -0.39 is 0 Å². The normalized spacial score (nSPS) is 17.0. The summed E-state index contributed by atoms with van der Waals surface area (Å²) in [5.74, 6) is 1.46. The van der Waals surface area contributed by atoms with Crippen LogP contribution in [-0.4, -0.2) is 61.7 Å². The number of nitrogens with one attached hydrogen (secondary N) is 1. The van der Waals surface area contributed by atoms with E-state index in [0.29, 0.717) is 5.75 Å². The van der Waals surface area contributed by atoms with Crippen molar-refractivity contribution in [3.63, 3.8) is 0 Å². The first-order valence-electron chi connectivity index (χ1n) is 5.58. The SMILES string of the molecule is C=CCSCC(=O)NCCN1CCOCC1. The zero-order chi connectivity index (χ0) is 11.6. The summed E-state index contributed by atoms with van der Waals surface area (Å²) in [6, 6.07) is 0. The maximum Gasteiger partial charge on any atom is 0.230 e. The topological polar surface area (TPSA) is 41.6 Å². The van der Waals surface area contributed by atoms with E-state index in [4.69, 9.17) is 4.74 Å². The molecule has 0 atom stereocenters. The molecule has 1 aliphatic rings. The molecular formula is C11H20N2O2S. The van der Waals surface area contributed by atoms with Crippen LogP contribution in [0.2, 0.25) is 0 Å². The largest absolute Gasteiger partial charge is 0.379 e. The van der Waals surface area contributed by atoms with Gasteiger partial charge in [0.05, 0.1) is 19.0 Å². The molecule has 4 nitrogen and oxygen atoms in total. The van der Waals surface area contributed by atoms with E-state index >= 15 is 0 Å². The molecule has 16 heavy (non-hydrogen) atoms. The van der Waals surface area contributed by atoms with Gasteiger partial charge in [0.2, 0.25) is 5.91 Å². The lowest BCUT2D eigenvalue weighted by molar-refractivity contribution is -0.118. The number of hydrogen-bond donors (Lipinski definition) is 1. The van der Waals surface area contributed by atoms with Crippen LogP contribution in [0.25, 0.3) is 0 Å². The van der Waals surface area contributed by atoms with Crippen LogP contribution < -0.4 is 5.32 Å². The first-order chi connectivity index (χ1) is 7.83. The highest BCUT2D eigenvalue weighted by atomic mass is 32.2. The van der Waals surface area contributed by atoms with E-state index in [1.54, 1.807) is 11.8 Å². The van der Waals surface area contributed by atoms with Crippen LogP contribution in [-0.2, 0) is 9.53 Å². The maximum absolute atomic E-state index is 11.4. The van der Waals surface area contributed by atoms with E-state index in [2.05, 4.69) is 16.8 Å². The summed E-state index contributed by atoms with van der Waals surface area (Å²) in [6.45, 7) is 8.82. The zero-order valence-corrected chi connectivity index (χ0v) is 10.4. The number of hydrogen-bond acceptors (Lipinski definition) is 4. The number of amides is 1. The molecule has 1 rings (SSSR count). The van der Waals surface area contributed by atoms with E-state index in [1.807, 2.05) is 6.08 Å². The molecule has 0 aromatic heterocycles. The zero-order valence-electron chi connectivity index (χ0n) is 9.61. The van der Waals surface area contributed by atoms with Gasteiger partial charge in [-0.2, -0.15) is 0 Å². The van der Waals surface area contributed by atoms with E-state index in [0.717, 1.165) is 45.1 Å². The molecule has 0 spiro atoms. The number of nitrogens with zero attached hydrogens (tertiary/aromatic N) is 1. The third-order valence-corrected chi connectivity index (χ3v) is 3.26. The van der Waals surface area contributed by atoms with Crippen molar-refractivity contribution in [2.24, 2.45) is 0 Å². The predicted molar refractivity (Wildman–Crippen MR) is 67.8 cm³/mol. The molecule has 0 aromatic carbocycles. The average Bonchev–Trinajstić information content (AvgIpc) is 2.31. The Bertz CT molecular complexity index is 218. The Morgan fingerprint density at radius 2 is 2.25 bits per heavy atom. The Labute approximate surface area is 101 Å². The van der Waals surface area contributed by atoms with Crippen molar-refractivity contribution in [2.45, 2.75) is 0 Å². The van der Waals surface area contributed by atoms with Crippen molar-refractivity contribution in [2.75, 3.05) is 50.9 Å². The van der Waals surface area contributed by atoms with Gasteiger partial charge in [-0.25, -0.2) is 0 Å². The van der Waals surface area contributed by atoms with Crippen LogP contribution in [0.15, 0.2) is 12.7 Å². The summed E-state index contributed by atoms with van der Waals surface area (Å²) >= 11 is 1.58. The van der Waals surface area contributed by atoms with Gasteiger partial charge in [0.1, 0.15) is 0 Å². The molecule has 0 saturated carbocycles. The molecule has 0 aromatic rings. The highest BCUT2D eigenvalue weighted by Crippen LogP contribution is 1.98. The minimum atomic E-state index is 0.111. The minimum Gasteiger partial charge on any atom is -0.379 e. The van der Waals surface area contributed by atoms with Gasteiger partial charge in [-0.1, -0.05) is 6.08 Å². The van der Waals surface area contributed by atoms with Crippen LogP contribution in [0, 0.1) is 0 Å². The average molecular weight is 244 g/mol. The van der Waals surface area contributed by atoms with Crippen LogP contribution in [0.5, 0.6) is 0 Å². The van der Waals surface area contributed by atoms with Crippen LogP contribution in [0.1, 0.15) is 0 Å². The summed E-state index contributed by atoms with van der Waals surface area (Å²) in [7, 11) is 0. The lowest BCUT2D eigenvalue weighted by Gasteiger charge is -2.26. The first kappa shape index (κ1) is 13.5. The van der Waals surface area contributed by atoms with Crippen LogP contribution in [0.4, 0.5) is 0 Å². The van der Waals surface area contributed by atoms with Gasteiger partial charge in [-0.05, 0) is 0 Å². The number of carbonyl (C=O) groups excluding carboxylic acids is 1. The van der Waals surface area contributed by atoms with E-state index in [1.165, 1.54) is 0 Å². The highest BCUT2D eigenvalue weighted by molar-refractivity contribution is 8.00. The number of morpholine rings is 1. The minimum absolute atomic E-state index is 0.111. The number of ether oxygens (including phenoxy) is 1. The van der Waals surface area contributed by atoms with Crippen molar-refractivity contribution < 1.29 is 9.53 Å². The van der Waals surface area contributed by atoms with Crippen LogP contribution in [0.3, 0.4) is 0 Å². The smallest absolute Gasteiger partial charge is 0.230 e. The quantitative estimate of drug-likeness (QED) is 0.518. The van der Waals surface area contributed by atoms with Crippen molar-refractivity contribution >= 4 is 17.7 Å². The molecule has 1 amide bonds. The lowest BCUT2D eigenvalue weighted by atomic mass is 10.4. The van der Waals surface area contributed by atoms with Crippen molar-refractivity contribution in [3.8, 4) is 0 Å². The molecule has 1 N–H and O–H groups in total. The Hall–Kier alpha value is -0.520. The molecule has 0 radical (unpaired) electrons. The summed E-state index contributed by atoms with van der Waals surface area (Å²) in [6.07, 6.45) is 1.81. The first-order valence-corrected chi connectivity index (χ1v) is 6.74. The van der Waals surface area contributed by atoms with Crippen molar-refractivity contribution in [1.29, 1.82) is 0 Å². The highest BCUT2D eigenvalue weighted by Gasteiger charge is 2.09. The Kier molecular flexibility index (Phi) is 7.29. The number of rotatable bonds is 7. The van der Waals surface area contributed by atoms with Crippen LogP contribution >= 0.6 is 11.8 Å². The fourth-order valence-electron chi connectivity index (χ4n) is 1.46. The third kappa shape index (κ3) is 6.15. The number of carbonyl (C=O) groups is 1. The monoisotopic (exact) mass is 244 g/mol. The van der Waals surface area contributed by atoms with Gasteiger partial charge in [-0.15, -0.1) is 18.3 Å². The van der Waals surface area contributed by atoms with Crippen molar-refractivity contribution in [1.82, 2.24) is 10.2 Å². The van der Waals surface area contributed by atoms with Gasteiger partial charge in [0.25, 0.3) is 0 Å². The summed E-state index contributed by atoms with van der Waals surface area (Å²) in [5, 5.41) is 2.91. The second-order valence-electron chi connectivity index (χ2n) is 3.61.